The van der Waals surface area contributed by atoms with E-state index < -0.39 is 0 Å². The number of amides is 2. The first-order valence-corrected chi connectivity index (χ1v) is 13.5. The average Bonchev–Trinajstić information content (AvgIpc) is 3.06. The van der Waals surface area contributed by atoms with Crippen LogP contribution in [0, 0.1) is 14.1 Å². The number of ether oxygens (including phenoxy) is 2. The maximum absolute atomic E-state index is 13.0. The number of benzene rings is 3. The number of carbonyl (C=O) groups excluding carboxylic acids is 2. The summed E-state index contributed by atoms with van der Waals surface area (Å²) in [5, 5.41) is -0.295. The van der Waals surface area contributed by atoms with Crippen molar-refractivity contribution in [1.29, 1.82) is 0 Å². The van der Waals surface area contributed by atoms with E-state index in [1.165, 1.54) is 4.90 Å². The third kappa shape index (κ3) is 6.33. The summed E-state index contributed by atoms with van der Waals surface area (Å²) in [5.41, 5.74) is 2.91. The fourth-order valence-corrected chi connectivity index (χ4v) is 6.26. The second kappa shape index (κ2) is 11.6. The third-order valence-corrected chi connectivity index (χ3v) is 7.33. The molecule has 1 fully saturated rings. The zero-order valence-corrected chi connectivity index (χ0v) is 23.4. The van der Waals surface area contributed by atoms with Gasteiger partial charge < -0.3 is 9.47 Å². The number of thioether (sulfide) groups is 1. The van der Waals surface area contributed by atoms with Crippen LogP contribution < -0.4 is 9.47 Å². The molecule has 8 heteroatoms. The van der Waals surface area contributed by atoms with Crippen molar-refractivity contribution in [3.05, 3.63) is 95.5 Å². The van der Waals surface area contributed by atoms with Gasteiger partial charge in [0, 0.05) is 9.13 Å². The maximum Gasteiger partial charge on any atom is 0.293 e. The highest BCUT2D eigenvalue weighted by Gasteiger charge is 2.35. The van der Waals surface area contributed by atoms with Crippen molar-refractivity contribution < 1.29 is 19.1 Å². The molecule has 0 N–H and O–H groups in total. The maximum atomic E-state index is 13.0. The van der Waals surface area contributed by atoms with E-state index >= 15 is 0 Å². The highest BCUT2D eigenvalue weighted by molar-refractivity contribution is 14.1. The van der Waals surface area contributed by atoms with E-state index in [9.17, 15) is 9.59 Å². The molecule has 0 unspecified atom stereocenters. The smallest absolute Gasteiger partial charge is 0.293 e. The molecule has 34 heavy (non-hydrogen) atoms. The summed E-state index contributed by atoms with van der Waals surface area (Å²) in [6.07, 6.45) is 1.75. The van der Waals surface area contributed by atoms with Gasteiger partial charge in [-0.15, -0.1) is 0 Å². The van der Waals surface area contributed by atoms with Crippen LogP contribution in [0.2, 0.25) is 0 Å². The fraction of sp³-hybridized carbons (Fsp3) is 0.154. The minimum Gasteiger partial charge on any atom is -0.492 e. The lowest BCUT2D eigenvalue weighted by Crippen LogP contribution is -2.32. The first kappa shape index (κ1) is 25.1. The van der Waals surface area contributed by atoms with Crippen LogP contribution in [0.25, 0.3) is 6.08 Å². The van der Waals surface area contributed by atoms with Crippen molar-refractivity contribution in [2.24, 2.45) is 0 Å². The first-order valence-electron chi connectivity index (χ1n) is 10.5. The fourth-order valence-electron chi connectivity index (χ4n) is 3.36. The summed E-state index contributed by atoms with van der Waals surface area (Å²) in [7, 11) is 0. The monoisotopic (exact) mass is 697 g/mol. The minimum atomic E-state index is -0.314. The molecule has 1 aliphatic rings. The van der Waals surface area contributed by atoms with Gasteiger partial charge in [0.05, 0.1) is 15.0 Å². The molecule has 3 aromatic carbocycles. The normalized spacial score (nSPS) is 14.7. The average molecular weight is 697 g/mol. The van der Waals surface area contributed by atoms with Crippen molar-refractivity contribution in [3.8, 4) is 11.5 Å². The number of hydrogen-bond donors (Lipinski definition) is 0. The molecule has 2 amide bonds. The number of carbonyl (C=O) groups is 2. The molecule has 0 aromatic heterocycles. The van der Waals surface area contributed by atoms with Gasteiger partial charge in [0.15, 0.2) is 0 Å². The SMILES string of the molecule is Cc1cccc(OCCN2C(=O)S/C(=C\c3cc(I)cc(I)c3OCc3ccccc3)C2=O)c1. The summed E-state index contributed by atoms with van der Waals surface area (Å²) in [6.45, 7) is 2.83. The third-order valence-electron chi connectivity index (χ3n) is 5.00. The van der Waals surface area contributed by atoms with Crippen LogP contribution in [0.1, 0.15) is 16.7 Å². The van der Waals surface area contributed by atoms with Crippen LogP contribution in [-0.2, 0) is 11.4 Å². The summed E-state index contributed by atoms with van der Waals surface area (Å²) in [6, 6.07) is 21.6. The number of halogens is 2. The van der Waals surface area contributed by atoms with Gasteiger partial charge in [-0.05, 0) is 105 Å². The summed E-state index contributed by atoms with van der Waals surface area (Å²) >= 11 is 5.42. The van der Waals surface area contributed by atoms with Crippen molar-refractivity contribution in [2.45, 2.75) is 13.5 Å². The van der Waals surface area contributed by atoms with E-state index in [1.54, 1.807) is 6.08 Å². The molecule has 0 bridgehead atoms. The Hall–Kier alpha value is -2.05. The first-order chi connectivity index (χ1) is 16.4. The molecule has 0 spiro atoms. The highest BCUT2D eigenvalue weighted by Crippen LogP contribution is 2.36. The van der Waals surface area contributed by atoms with Crippen LogP contribution in [0.4, 0.5) is 4.79 Å². The predicted molar refractivity (Wildman–Crippen MR) is 152 cm³/mol. The second-order valence-electron chi connectivity index (χ2n) is 7.58. The van der Waals surface area contributed by atoms with Crippen molar-refractivity contribution >= 4 is 74.2 Å². The Labute approximate surface area is 230 Å². The lowest BCUT2D eigenvalue weighted by Gasteiger charge is -2.14. The molecule has 4 rings (SSSR count). The highest BCUT2D eigenvalue weighted by atomic mass is 127. The van der Waals surface area contributed by atoms with E-state index in [2.05, 4.69) is 45.2 Å². The lowest BCUT2D eigenvalue weighted by atomic mass is 10.1. The summed E-state index contributed by atoms with van der Waals surface area (Å²) in [4.78, 5) is 27.2. The van der Waals surface area contributed by atoms with E-state index in [4.69, 9.17) is 9.47 Å². The Morgan fingerprint density at radius 2 is 1.76 bits per heavy atom. The quantitative estimate of drug-likeness (QED) is 0.190. The molecule has 3 aromatic rings. The van der Waals surface area contributed by atoms with Crippen molar-refractivity contribution in [2.75, 3.05) is 13.2 Å². The molecule has 0 aliphatic carbocycles. The number of rotatable bonds is 8. The number of imide groups is 1. The second-order valence-corrected chi connectivity index (χ2v) is 11.0. The van der Waals surface area contributed by atoms with Gasteiger partial charge in [0.1, 0.15) is 24.7 Å². The van der Waals surface area contributed by atoms with Gasteiger partial charge in [0.25, 0.3) is 11.1 Å². The topological polar surface area (TPSA) is 55.8 Å². The Bertz CT molecular complexity index is 1250. The van der Waals surface area contributed by atoms with Gasteiger partial charge in [-0.2, -0.15) is 0 Å². The van der Waals surface area contributed by atoms with E-state index in [1.807, 2.05) is 73.7 Å². The zero-order valence-electron chi connectivity index (χ0n) is 18.3. The number of nitrogens with zero attached hydrogens (tertiary/aromatic N) is 1. The van der Waals surface area contributed by atoms with E-state index in [0.717, 1.165) is 41.3 Å². The summed E-state index contributed by atoms with van der Waals surface area (Å²) < 4.78 is 13.8. The Kier molecular flexibility index (Phi) is 8.54. The Balaban J connectivity index is 1.48. The molecule has 1 heterocycles. The molecule has 0 radical (unpaired) electrons. The molecule has 0 atom stereocenters. The van der Waals surface area contributed by atoms with E-state index in [-0.39, 0.29) is 24.3 Å². The van der Waals surface area contributed by atoms with Gasteiger partial charge in [-0.3, -0.25) is 14.5 Å². The molecule has 5 nitrogen and oxygen atoms in total. The molecular formula is C26H21I2NO4S. The van der Waals surface area contributed by atoms with Gasteiger partial charge in [0.2, 0.25) is 0 Å². The van der Waals surface area contributed by atoms with Crippen LogP contribution in [0.3, 0.4) is 0 Å². The summed E-state index contributed by atoms with van der Waals surface area (Å²) in [5.74, 6) is 1.10. The zero-order chi connectivity index (χ0) is 24.1. The van der Waals surface area contributed by atoms with Crippen molar-refractivity contribution in [1.82, 2.24) is 4.90 Å². The Morgan fingerprint density at radius 1 is 0.971 bits per heavy atom. The Morgan fingerprint density at radius 3 is 2.53 bits per heavy atom. The largest absolute Gasteiger partial charge is 0.492 e. The predicted octanol–water partition coefficient (Wildman–Crippen LogP) is 6.90. The van der Waals surface area contributed by atoms with Gasteiger partial charge in [-0.25, -0.2) is 0 Å². The standard InChI is InChI=1S/C26H21I2NO4S/c1-17-6-5-9-21(12-17)32-11-10-29-25(30)23(34-26(29)31)14-19-13-20(27)15-22(28)24(19)33-16-18-7-3-2-4-8-18/h2-9,12-15H,10-11,16H2,1H3/b23-14-. The molecule has 1 saturated heterocycles. The van der Waals surface area contributed by atoms with Crippen LogP contribution in [0.5, 0.6) is 11.5 Å². The molecule has 1 aliphatic heterocycles. The van der Waals surface area contributed by atoms with Crippen LogP contribution >= 0.6 is 56.9 Å². The lowest BCUT2D eigenvalue weighted by molar-refractivity contribution is -0.123. The minimum absolute atomic E-state index is 0.192. The van der Waals surface area contributed by atoms with Gasteiger partial charge in [-0.1, -0.05) is 42.5 Å². The van der Waals surface area contributed by atoms with E-state index in [0.29, 0.717) is 17.3 Å². The molecular weight excluding hydrogens is 676 g/mol. The van der Waals surface area contributed by atoms with Crippen LogP contribution in [0.15, 0.2) is 71.6 Å². The van der Waals surface area contributed by atoms with Gasteiger partial charge >= 0.3 is 0 Å². The number of aryl methyl sites for hydroxylation is 1. The molecule has 0 saturated carbocycles. The molecule has 174 valence electrons. The van der Waals surface area contributed by atoms with Crippen LogP contribution in [-0.4, -0.2) is 29.2 Å². The number of hydrogen-bond acceptors (Lipinski definition) is 5. The van der Waals surface area contributed by atoms with Crippen molar-refractivity contribution in [3.63, 3.8) is 0 Å².